The lowest BCUT2D eigenvalue weighted by Gasteiger charge is -2.10. The predicted octanol–water partition coefficient (Wildman–Crippen LogP) is 4.35. The number of rotatable bonds is 3. The molecule has 0 fully saturated rings. The number of hydrogen-bond acceptors (Lipinski definition) is 2. The van der Waals surface area contributed by atoms with Crippen LogP contribution in [0.15, 0.2) is 36.4 Å². The Morgan fingerprint density at radius 1 is 1.18 bits per heavy atom. The van der Waals surface area contributed by atoms with E-state index in [1.807, 2.05) is 57.2 Å². The molecule has 0 spiro atoms. The molecule has 1 aromatic heterocycles. The second-order valence-electron chi connectivity index (χ2n) is 4.32. The van der Waals surface area contributed by atoms with Crippen molar-refractivity contribution in [2.45, 2.75) is 26.7 Å². The van der Waals surface area contributed by atoms with Gasteiger partial charge in [-0.3, -0.25) is 4.79 Å². The van der Waals surface area contributed by atoms with Crippen LogP contribution in [0.25, 0.3) is 0 Å². The summed E-state index contributed by atoms with van der Waals surface area (Å²) in [4.78, 5) is 14.7. The summed E-state index contributed by atoms with van der Waals surface area (Å²) in [5.74, 6) is 0.155. The zero-order valence-electron chi connectivity index (χ0n) is 10.4. The van der Waals surface area contributed by atoms with E-state index < -0.39 is 0 Å². The van der Waals surface area contributed by atoms with Gasteiger partial charge in [-0.25, -0.2) is 0 Å². The van der Waals surface area contributed by atoms with Crippen LogP contribution in [0.2, 0.25) is 0 Å². The average molecular weight is 244 g/mol. The largest absolute Gasteiger partial charge is 0.293 e. The fourth-order valence-electron chi connectivity index (χ4n) is 2.00. The van der Waals surface area contributed by atoms with E-state index in [0.29, 0.717) is 0 Å². The van der Waals surface area contributed by atoms with E-state index in [2.05, 4.69) is 0 Å². The molecule has 2 rings (SSSR count). The predicted molar refractivity (Wildman–Crippen MR) is 73.0 cm³/mol. The third-order valence-electron chi connectivity index (χ3n) is 3.00. The Hall–Kier alpha value is -1.41. The van der Waals surface area contributed by atoms with Crippen molar-refractivity contribution in [3.8, 4) is 0 Å². The highest BCUT2D eigenvalue weighted by molar-refractivity contribution is 7.12. The van der Waals surface area contributed by atoms with Gasteiger partial charge in [-0.05, 0) is 25.5 Å². The standard InChI is InChI=1S/C15H16OS/c1-10-9-14(12(3)17-10)15(16)11(2)13-7-5-4-6-8-13/h4-9,11H,1-3H3. The Balaban J connectivity index is 2.30. The molecule has 2 aromatic rings. The number of thiophene rings is 1. The maximum atomic E-state index is 12.4. The Bertz CT molecular complexity index is 525. The van der Waals surface area contributed by atoms with Crippen LogP contribution in [0.3, 0.4) is 0 Å². The maximum absolute atomic E-state index is 12.4. The highest BCUT2D eigenvalue weighted by atomic mass is 32.1. The average Bonchev–Trinajstić information content (AvgIpc) is 2.68. The molecule has 0 bridgehead atoms. The topological polar surface area (TPSA) is 17.1 Å². The van der Waals surface area contributed by atoms with Crippen molar-refractivity contribution >= 4 is 17.1 Å². The van der Waals surface area contributed by atoms with E-state index in [9.17, 15) is 4.79 Å². The van der Waals surface area contributed by atoms with Gasteiger partial charge in [0.25, 0.3) is 0 Å². The molecule has 0 saturated carbocycles. The Morgan fingerprint density at radius 3 is 2.35 bits per heavy atom. The van der Waals surface area contributed by atoms with Gasteiger partial charge in [-0.2, -0.15) is 0 Å². The van der Waals surface area contributed by atoms with E-state index in [1.165, 1.54) is 4.88 Å². The molecule has 0 amide bonds. The first-order valence-electron chi connectivity index (χ1n) is 5.76. The van der Waals surface area contributed by atoms with Crippen LogP contribution >= 0.6 is 11.3 Å². The summed E-state index contributed by atoms with van der Waals surface area (Å²) in [7, 11) is 0. The molecule has 1 atom stereocenters. The van der Waals surface area contributed by atoms with Crippen LogP contribution in [0.1, 0.15) is 38.5 Å². The Morgan fingerprint density at radius 2 is 1.82 bits per heavy atom. The first-order chi connectivity index (χ1) is 8.09. The lowest BCUT2D eigenvalue weighted by Crippen LogP contribution is -2.09. The second-order valence-corrected chi connectivity index (χ2v) is 5.78. The molecule has 1 nitrogen and oxygen atoms in total. The van der Waals surface area contributed by atoms with Gasteiger partial charge in [0, 0.05) is 21.2 Å². The van der Waals surface area contributed by atoms with Gasteiger partial charge in [0.1, 0.15) is 0 Å². The molecule has 88 valence electrons. The van der Waals surface area contributed by atoms with Crippen LogP contribution in [-0.4, -0.2) is 5.78 Å². The van der Waals surface area contributed by atoms with Gasteiger partial charge < -0.3 is 0 Å². The minimum Gasteiger partial charge on any atom is -0.293 e. The maximum Gasteiger partial charge on any atom is 0.171 e. The second kappa shape index (κ2) is 4.84. The zero-order chi connectivity index (χ0) is 12.4. The molecule has 0 N–H and O–H groups in total. The van der Waals surface area contributed by atoms with Crippen LogP contribution in [0.5, 0.6) is 0 Å². The van der Waals surface area contributed by atoms with Crippen LogP contribution in [0.4, 0.5) is 0 Å². The van der Waals surface area contributed by atoms with Crippen molar-refractivity contribution in [1.82, 2.24) is 0 Å². The van der Waals surface area contributed by atoms with Crippen molar-refractivity contribution in [2.75, 3.05) is 0 Å². The quantitative estimate of drug-likeness (QED) is 0.733. The molecule has 0 aliphatic carbocycles. The van der Waals surface area contributed by atoms with Gasteiger partial charge in [0.2, 0.25) is 0 Å². The van der Waals surface area contributed by atoms with Gasteiger partial charge >= 0.3 is 0 Å². The van der Waals surface area contributed by atoms with Crippen molar-refractivity contribution in [2.24, 2.45) is 0 Å². The smallest absolute Gasteiger partial charge is 0.171 e. The first-order valence-corrected chi connectivity index (χ1v) is 6.57. The van der Waals surface area contributed by atoms with Gasteiger partial charge in [-0.15, -0.1) is 11.3 Å². The highest BCUT2D eigenvalue weighted by Gasteiger charge is 2.19. The summed E-state index contributed by atoms with van der Waals surface area (Å²) < 4.78 is 0. The Kier molecular flexibility index (Phi) is 3.43. The number of carbonyl (C=O) groups excluding carboxylic acids is 1. The highest BCUT2D eigenvalue weighted by Crippen LogP contribution is 2.27. The van der Waals surface area contributed by atoms with Crippen molar-refractivity contribution in [3.63, 3.8) is 0 Å². The SMILES string of the molecule is Cc1cc(C(=O)C(C)c2ccccc2)c(C)s1. The minimum atomic E-state index is -0.0658. The number of aryl methyl sites for hydroxylation is 2. The van der Waals surface area contributed by atoms with Gasteiger partial charge in [0.15, 0.2) is 5.78 Å². The monoisotopic (exact) mass is 244 g/mol. The molecule has 1 aromatic carbocycles. The summed E-state index contributed by atoms with van der Waals surface area (Å²) in [6.07, 6.45) is 0. The number of hydrogen-bond donors (Lipinski definition) is 0. The van der Waals surface area contributed by atoms with Gasteiger partial charge in [0.05, 0.1) is 0 Å². The van der Waals surface area contributed by atoms with E-state index in [1.54, 1.807) is 11.3 Å². The minimum absolute atomic E-state index is 0.0658. The van der Waals surface area contributed by atoms with Crippen molar-refractivity contribution in [1.29, 1.82) is 0 Å². The zero-order valence-corrected chi connectivity index (χ0v) is 11.2. The normalized spacial score (nSPS) is 12.4. The van der Waals surface area contributed by atoms with E-state index in [-0.39, 0.29) is 11.7 Å². The third-order valence-corrected chi connectivity index (χ3v) is 3.97. The number of benzene rings is 1. The first kappa shape index (κ1) is 12.1. The van der Waals surface area contributed by atoms with E-state index in [4.69, 9.17) is 0 Å². The van der Waals surface area contributed by atoms with E-state index >= 15 is 0 Å². The molecule has 0 aliphatic rings. The fourth-order valence-corrected chi connectivity index (χ4v) is 2.93. The fraction of sp³-hybridized carbons (Fsp3) is 0.267. The third kappa shape index (κ3) is 2.47. The molecule has 17 heavy (non-hydrogen) atoms. The summed E-state index contributed by atoms with van der Waals surface area (Å²) in [6.45, 7) is 6.04. The molecule has 0 saturated heterocycles. The van der Waals surface area contributed by atoms with Crippen LogP contribution in [-0.2, 0) is 0 Å². The van der Waals surface area contributed by atoms with E-state index in [0.717, 1.165) is 16.0 Å². The van der Waals surface area contributed by atoms with Crippen LogP contribution < -0.4 is 0 Å². The number of ketones is 1. The van der Waals surface area contributed by atoms with Crippen LogP contribution in [0, 0.1) is 13.8 Å². The van der Waals surface area contributed by atoms with Crippen molar-refractivity contribution < 1.29 is 4.79 Å². The lowest BCUT2D eigenvalue weighted by molar-refractivity contribution is 0.0966. The Labute approximate surface area is 106 Å². The molecular weight excluding hydrogens is 228 g/mol. The summed E-state index contributed by atoms with van der Waals surface area (Å²) in [5.41, 5.74) is 1.96. The summed E-state index contributed by atoms with van der Waals surface area (Å²) >= 11 is 1.69. The molecule has 1 heterocycles. The molecule has 1 unspecified atom stereocenters. The number of carbonyl (C=O) groups is 1. The summed E-state index contributed by atoms with van der Waals surface area (Å²) in [5, 5.41) is 0. The molecule has 2 heteroatoms. The molecule has 0 aliphatic heterocycles. The van der Waals surface area contributed by atoms with Gasteiger partial charge in [-0.1, -0.05) is 37.3 Å². The summed E-state index contributed by atoms with van der Waals surface area (Å²) in [6, 6.07) is 12.0. The van der Waals surface area contributed by atoms with Crippen molar-refractivity contribution in [3.05, 3.63) is 57.3 Å². The number of Topliss-reactive ketones (excluding diaryl/α,β-unsaturated/α-hetero) is 1. The molecular formula is C15H16OS. The molecule has 0 radical (unpaired) electrons. The lowest BCUT2D eigenvalue weighted by atomic mass is 9.92.